The van der Waals surface area contributed by atoms with E-state index in [0.717, 1.165) is 13.1 Å². The first kappa shape index (κ1) is 15.1. The first-order chi connectivity index (χ1) is 8.27. The summed E-state index contributed by atoms with van der Waals surface area (Å²) in [7, 11) is 0. The van der Waals surface area contributed by atoms with Crippen LogP contribution in [0.4, 0.5) is 0 Å². The average molecular weight is 316 g/mol. The number of thioether (sulfide) groups is 1. The van der Waals surface area contributed by atoms with Crippen LogP contribution in [0, 0.1) is 0 Å². The van der Waals surface area contributed by atoms with E-state index < -0.39 is 0 Å². The summed E-state index contributed by atoms with van der Waals surface area (Å²) < 4.78 is 1.18. The minimum Gasteiger partial charge on any atom is -0.316 e. The molecule has 0 heterocycles. The molecule has 1 aromatic rings. The summed E-state index contributed by atoms with van der Waals surface area (Å²) in [6.07, 6.45) is 1.25. The normalized spacial score (nSPS) is 12.6. The van der Waals surface area contributed by atoms with Gasteiger partial charge in [0.15, 0.2) is 0 Å². The van der Waals surface area contributed by atoms with Crippen molar-refractivity contribution in [1.29, 1.82) is 0 Å². The molecule has 1 aromatic carbocycles. The lowest BCUT2D eigenvalue weighted by atomic mass is 9.96. The fraction of sp³-hybridized carbons (Fsp3) is 0.571. The van der Waals surface area contributed by atoms with Gasteiger partial charge < -0.3 is 5.32 Å². The summed E-state index contributed by atoms with van der Waals surface area (Å²) in [6.45, 7) is 6.52. The van der Waals surface area contributed by atoms with Crippen molar-refractivity contribution in [2.24, 2.45) is 0 Å². The van der Waals surface area contributed by atoms with Crippen molar-refractivity contribution >= 4 is 27.7 Å². The van der Waals surface area contributed by atoms with Crippen LogP contribution in [-0.4, -0.2) is 24.6 Å². The molecule has 96 valence electrons. The fourth-order valence-corrected chi connectivity index (χ4v) is 2.99. The highest BCUT2D eigenvalue weighted by molar-refractivity contribution is 9.10. The number of hydrogen-bond acceptors (Lipinski definition) is 2. The Balaban J connectivity index is 2.60. The predicted octanol–water partition coefficient (Wildman–Crippen LogP) is 4.29. The Morgan fingerprint density at radius 2 is 2.18 bits per heavy atom. The Morgan fingerprint density at radius 1 is 1.35 bits per heavy atom. The third kappa shape index (κ3) is 5.94. The Bertz CT molecular complexity index is 317. The molecule has 0 saturated carbocycles. The molecule has 1 atom stereocenters. The number of nitrogens with one attached hydrogen (secondary N) is 1. The molecule has 1 unspecified atom stereocenters. The van der Waals surface area contributed by atoms with Crippen LogP contribution in [0.3, 0.4) is 0 Å². The van der Waals surface area contributed by atoms with E-state index in [1.807, 2.05) is 11.8 Å². The molecular weight excluding hydrogens is 294 g/mol. The van der Waals surface area contributed by atoms with Crippen LogP contribution in [0.2, 0.25) is 0 Å². The van der Waals surface area contributed by atoms with Crippen LogP contribution in [0.1, 0.15) is 31.7 Å². The number of benzene rings is 1. The zero-order valence-corrected chi connectivity index (χ0v) is 13.1. The minimum atomic E-state index is 0.631. The van der Waals surface area contributed by atoms with E-state index in [-0.39, 0.29) is 0 Å². The minimum absolute atomic E-state index is 0.631. The van der Waals surface area contributed by atoms with Gasteiger partial charge in [-0.2, -0.15) is 11.8 Å². The van der Waals surface area contributed by atoms with Gasteiger partial charge in [-0.05, 0) is 48.1 Å². The largest absolute Gasteiger partial charge is 0.316 e. The lowest BCUT2D eigenvalue weighted by Gasteiger charge is -2.17. The summed E-state index contributed by atoms with van der Waals surface area (Å²) in [5.41, 5.74) is 1.44. The zero-order chi connectivity index (χ0) is 12.5. The van der Waals surface area contributed by atoms with Gasteiger partial charge in [-0.3, -0.25) is 0 Å². The molecule has 3 heteroatoms. The van der Waals surface area contributed by atoms with Gasteiger partial charge in [0, 0.05) is 11.0 Å². The molecule has 0 radical (unpaired) electrons. The second-order valence-corrected chi connectivity index (χ2v) is 6.35. The highest BCUT2D eigenvalue weighted by Crippen LogP contribution is 2.24. The summed E-state index contributed by atoms with van der Waals surface area (Å²) in [5.74, 6) is 3.09. The quantitative estimate of drug-likeness (QED) is 0.718. The van der Waals surface area contributed by atoms with E-state index in [1.54, 1.807) is 0 Å². The van der Waals surface area contributed by atoms with E-state index in [4.69, 9.17) is 0 Å². The van der Waals surface area contributed by atoms with Crippen molar-refractivity contribution in [2.75, 3.05) is 24.6 Å². The van der Waals surface area contributed by atoms with Crippen LogP contribution >= 0.6 is 27.7 Å². The molecule has 0 aliphatic heterocycles. The molecular formula is C14H22BrNS. The second-order valence-electron chi connectivity index (χ2n) is 4.05. The molecule has 0 spiro atoms. The molecule has 0 saturated heterocycles. The van der Waals surface area contributed by atoms with Gasteiger partial charge in [0.25, 0.3) is 0 Å². The van der Waals surface area contributed by atoms with Gasteiger partial charge in [-0.25, -0.2) is 0 Å². The topological polar surface area (TPSA) is 12.0 Å². The summed E-state index contributed by atoms with van der Waals surface area (Å²) >= 11 is 5.58. The van der Waals surface area contributed by atoms with Crippen molar-refractivity contribution in [3.05, 3.63) is 34.3 Å². The maximum Gasteiger partial charge on any atom is 0.0178 e. The maximum absolute atomic E-state index is 3.55. The van der Waals surface area contributed by atoms with Gasteiger partial charge in [0.2, 0.25) is 0 Å². The molecule has 0 aliphatic carbocycles. The van der Waals surface area contributed by atoms with E-state index >= 15 is 0 Å². The van der Waals surface area contributed by atoms with Gasteiger partial charge in [-0.1, -0.05) is 41.9 Å². The van der Waals surface area contributed by atoms with Crippen LogP contribution in [-0.2, 0) is 0 Å². The molecule has 17 heavy (non-hydrogen) atoms. The number of halogens is 1. The molecule has 0 fully saturated rings. The summed E-state index contributed by atoms with van der Waals surface area (Å²) in [4.78, 5) is 0. The molecule has 1 rings (SSSR count). The lowest BCUT2D eigenvalue weighted by Crippen LogP contribution is -2.21. The Kier molecular flexibility index (Phi) is 7.99. The molecule has 0 amide bonds. The third-order valence-corrected chi connectivity index (χ3v) is 4.20. The molecule has 0 aromatic heterocycles. The zero-order valence-electron chi connectivity index (χ0n) is 10.7. The van der Waals surface area contributed by atoms with Crippen molar-refractivity contribution in [1.82, 2.24) is 5.32 Å². The van der Waals surface area contributed by atoms with Crippen molar-refractivity contribution in [2.45, 2.75) is 26.2 Å². The monoisotopic (exact) mass is 315 g/mol. The first-order valence-electron chi connectivity index (χ1n) is 6.31. The summed E-state index contributed by atoms with van der Waals surface area (Å²) in [5, 5.41) is 3.47. The van der Waals surface area contributed by atoms with Gasteiger partial charge in [0.05, 0.1) is 0 Å². The Hall–Kier alpha value is 0.01000. The highest BCUT2D eigenvalue weighted by Gasteiger charge is 2.10. The Morgan fingerprint density at radius 3 is 2.82 bits per heavy atom. The smallest absolute Gasteiger partial charge is 0.0178 e. The SMILES string of the molecule is CCNCC(CCSCC)c1cccc(Br)c1. The van der Waals surface area contributed by atoms with Gasteiger partial charge in [0.1, 0.15) is 0 Å². The summed E-state index contributed by atoms with van der Waals surface area (Å²) in [6, 6.07) is 8.71. The lowest BCUT2D eigenvalue weighted by molar-refractivity contribution is 0.587. The van der Waals surface area contributed by atoms with E-state index in [0.29, 0.717) is 5.92 Å². The first-order valence-corrected chi connectivity index (χ1v) is 8.26. The molecule has 1 N–H and O–H groups in total. The molecule has 0 bridgehead atoms. The van der Waals surface area contributed by atoms with Crippen molar-refractivity contribution in [3.8, 4) is 0 Å². The standard InChI is InChI=1S/C14H22BrNS/c1-3-16-11-13(8-9-17-4-2)12-6-5-7-14(15)10-12/h5-7,10,13,16H,3-4,8-9,11H2,1-2H3. The van der Waals surface area contributed by atoms with Crippen LogP contribution in [0.25, 0.3) is 0 Å². The van der Waals surface area contributed by atoms with E-state index in [1.165, 1.54) is 28.0 Å². The number of hydrogen-bond donors (Lipinski definition) is 1. The van der Waals surface area contributed by atoms with Gasteiger partial charge in [-0.15, -0.1) is 0 Å². The molecule has 0 aliphatic rings. The van der Waals surface area contributed by atoms with Crippen LogP contribution in [0.5, 0.6) is 0 Å². The maximum atomic E-state index is 3.55. The second kappa shape index (κ2) is 9.01. The van der Waals surface area contributed by atoms with Gasteiger partial charge >= 0.3 is 0 Å². The molecule has 1 nitrogen and oxygen atoms in total. The van der Waals surface area contributed by atoms with Crippen LogP contribution in [0.15, 0.2) is 28.7 Å². The van der Waals surface area contributed by atoms with Crippen molar-refractivity contribution < 1.29 is 0 Å². The average Bonchev–Trinajstić information content (AvgIpc) is 2.33. The highest BCUT2D eigenvalue weighted by atomic mass is 79.9. The van der Waals surface area contributed by atoms with E-state index in [2.05, 4.69) is 59.4 Å². The third-order valence-electron chi connectivity index (χ3n) is 2.78. The Labute approximate surface area is 118 Å². The number of rotatable bonds is 8. The predicted molar refractivity (Wildman–Crippen MR) is 83.0 cm³/mol. The van der Waals surface area contributed by atoms with Crippen LogP contribution < -0.4 is 5.32 Å². The van der Waals surface area contributed by atoms with E-state index in [9.17, 15) is 0 Å². The number of likely N-dealkylation sites (N-methyl/N-ethyl adjacent to an activating group) is 1. The van der Waals surface area contributed by atoms with Crippen molar-refractivity contribution in [3.63, 3.8) is 0 Å². The fourth-order valence-electron chi connectivity index (χ4n) is 1.84.